The highest BCUT2D eigenvalue weighted by molar-refractivity contribution is 7.92. The fourth-order valence-corrected chi connectivity index (χ4v) is 2.88. The van der Waals surface area contributed by atoms with Gasteiger partial charge in [0.25, 0.3) is 5.91 Å². The summed E-state index contributed by atoms with van der Waals surface area (Å²) < 4.78 is 30.5. The van der Waals surface area contributed by atoms with Gasteiger partial charge in [-0.1, -0.05) is 6.07 Å². The number of rotatable bonds is 2. The van der Waals surface area contributed by atoms with Gasteiger partial charge < -0.3 is 10.1 Å². The maximum absolute atomic E-state index is 11.9. The monoisotopic (exact) mass is 284 g/mol. The van der Waals surface area contributed by atoms with Gasteiger partial charge in [-0.25, -0.2) is 8.42 Å². The van der Waals surface area contributed by atoms with E-state index in [9.17, 15) is 13.2 Å². The molecule has 1 atom stereocenters. The first-order valence-corrected chi connectivity index (χ1v) is 7.64. The van der Waals surface area contributed by atoms with Gasteiger partial charge in [-0.2, -0.15) is 0 Å². The van der Waals surface area contributed by atoms with Crippen LogP contribution in [-0.2, 0) is 14.8 Å². The molecule has 1 unspecified atom stereocenters. The normalized spacial score (nSPS) is 18.5. The summed E-state index contributed by atoms with van der Waals surface area (Å²) in [6.07, 6.45) is 0.278. The van der Waals surface area contributed by atoms with Crippen LogP contribution in [-0.4, -0.2) is 40.3 Å². The molecule has 2 rings (SSSR count). The molecule has 1 aromatic carbocycles. The Balaban J connectivity index is 2.49. The molecule has 0 aromatic heterocycles. The second kappa shape index (κ2) is 4.73. The fraction of sp³-hybridized carbons (Fsp3) is 0.417. The second-order valence-corrected chi connectivity index (χ2v) is 6.39. The van der Waals surface area contributed by atoms with Crippen molar-refractivity contribution in [2.24, 2.45) is 0 Å². The van der Waals surface area contributed by atoms with Crippen molar-refractivity contribution in [2.45, 2.75) is 13.0 Å². The van der Waals surface area contributed by atoms with Crippen LogP contribution in [0.3, 0.4) is 0 Å². The summed E-state index contributed by atoms with van der Waals surface area (Å²) in [5.74, 6) is 0.0516. The quantitative estimate of drug-likeness (QED) is 0.845. The number of anilines is 1. The van der Waals surface area contributed by atoms with Crippen molar-refractivity contribution in [1.82, 2.24) is 5.32 Å². The zero-order valence-electron chi connectivity index (χ0n) is 11.0. The SMILES string of the molecule is CNC(=O)C1CN(S(C)(=O)=O)c2cc(C)ccc2O1. The highest BCUT2D eigenvalue weighted by Crippen LogP contribution is 2.35. The van der Waals surface area contributed by atoms with E-state index in [-0.39, 0.29) is 12.5 Å². The summed E-state index contributed by atoms with van der Waals surface area (Å²) in [5.41, 5.74) is 1.40. The third-order valence-electron chi connectivity index (χ3n) is 2.92. The van der Waals surface area contributed by atoms with Gasteiger partial charge in [0.2, 0.25) is 10.0 Å². The van der Waals surface area contributed by atoms with Crippen molar-refractivity contribution >= 4 is 21.6 Å². The molecule has 6 nitrogen and oxygen atoms in total. The largest absolute Gasteiger partial charge is 0.476 e. The third-order valence-corrected chi connectivity index (χ3v) is 4.07. The number of carbonyl (C=O) groups excluding carboxylic acids is 1. The van der Waals surface area contributed by atoms with Crippen LogP contribution >= 0.6 is 0 Å². The first-order chi connectivity index (χ1) is 8.82. The standard InChI is InChI=1S/C12H16N2O4S/c1-8-4-5-10-9(6-8)14(19(3,16)17)7-11(18-10)12(15)13-2/h4-6,11H,7H2,1-3H3,(H,13,15). The number of sulfonamides is 1. The van der Waals surface area contributed by atoms with Crippen molar-refractivity contribution < 1.29 is 17.9 Å². The Kier molecular flexibility index (Phi) is 3.40. The Hall–Kier alpha value is -1.76. The predicted molar refractivity (Wildman–Crippen MR) is 71.9 cm³/mol. The molecule has 0 spiro atoms. The maximum Gasteiger partial charge on any atom is 0.262 e. The molecule has 0 fully saturated rings. The van der Waals surface area contributed by atoms with E-state index in [2.05, 4.69) is 5.32 Å². The summed E-state index contributed by atoms with van der Waals surface area (Å²) in [5, 5.41) is 2.46. The predicted octanol–water partition coefficient (Wildman–Crippen LogP) is 0.268. The fourth-order valence-electron chi connectivity index (χ4n) is 1.97. The van der Waals surface area contributed by atoms with Crippen molar-refractivity contribution in [3.05, 3.63) is 23.8 Å². The lowest BCUT2D eigenvalue weighted by atomic mass is 10.1. The van der Waals surface area contributed by atoms with Gasteiger partial charge >= 0.3 is 0 Å². The first-order valence-electron chi connectivity index (χ1n) is 5.79. The summed E-state index contributed by atoms with van der Waals surface area (Å²) in [4.78, 5) is 11.7. The van der Waals surface area contributed by atoms with Crippen LogP contribution in [0.2, 0.25) is 0 Å². The van der Waals surface area contributed by atoms with Gasteiger partial charge in [0.1, 0.15) is 5.75 Å². The van der Waals surface area contributed by atoms with Crippen molar-refractivity contribution in [1.29, 1.82) is 0 Å². The molecule has 1 aliphatic rings. The summed E-state index contributed by atoms with van der Waals surface area (Å²) in [7, 11) is -1.97. The number of amides is 1. The van der Waals surface area contributed by atoms with Gasteiger partial charge in [0.05, 0.1) is 18.5 Å². The molecule has 0 saturated carbocycles. The second-order valence-electron chi connectivity index (χ2n) is 4.49. The van der Waals surface area contributed by atoms with Crippen LogP contribution in [0.4, 0.5) is 5.69 Å². The van der Waals surface area contributed by atoms with E-state index < -0.39 is 16.1 Å². The lowest BCUT2D eigenvalue weighted by molar-refractivity contribution is -0.127. The zero-order chi connectivity index (χ0) is 14.2. The maximum atomic E-state index is 11.9. The topological polar surface area (TPSA) is 75.7 Å². The molecule has 0 saturated heterocycles. The third kappa shape index (κ3) is 2.65. The number of carbonyl (C=O) groups is 1. The number of benzene rings is 1. The minimum atomic E-state index is -3.46. The molecule has 19 heavy (non-hydrogen) atoms. The number of hydrogen-bond acceptors (Lipinski definition) is 4. The highest BCUT2D eigenvalue weighted by Gasteiger charge is 2.34. The lowest BCUT2D eigenvalue weighted by Gasteiger charge is -2.33. The van der Waals surface area contributed by atoms with E-state index in [4.69, 9.17) is 4.74 Å². The van der Waals surface area contributed by atoms with E-state index in [0.717, 1.165) is 11.8 Å². The van der Waals surface area contributed by atoms with E-state index in [1.165, 1.54) is 11.4 Å². The minimum absolute atomic E-state index is 0.0189. The van der Waals surface area contributed by atoms with E-state index in [1.54, 1.807) is 12.1 Å². The van der Waals surface area contributed by atoms with Gasteiger partial charge in [-0.15, -0.1) is 0 Å². The Morgan fingerprint density at radius 2 is 2.16 bits per heavy atom. The molecule has 1 heterocycles. The molecule has 1 aliphatic heterocycles. The van der Waals surface area contributed by atoms with E-state index >= 15 is 0 Å². The van der Waals surface area contributed by atoms with Gasteiger partial charge in [0.15, 0.2) is 6.10 Å². The van der Waals surface area contributed by atoms with Crippen LogP contribution in [0, 0.1) is 6.92 Å². The molecule has 1 amide bonds. The molecule has 0 aliphatic carbocycles. The summed E-state index contributed by atoms with van der Waals surface area (Å²) >= 11 is 0. The number of ether oxygens (including phenoxy) is 1. The number of likely N-dealkylation sites (N-methyl/N-ethyl adjacent to an activating group) is 1. The number of hydrogen-bond donors (Lipinski definition) is 1. The molecule has 0 bridgehead atoms. The van der Waals surface area contributed by atoms with Crippen molar-refractivity contribution in [3.8, 4) is 5.75 Å². The number of fused-ring (bicyclic) bond motifs is 1. The van der Waals surface area contributed by atoms with Gasteiger partial charge in [-0.3, -0.25) is 9.10 Å². The number of nitrogens with one attached hydrogen (secondary N) is 1. The van der Waals surface area contributed by atoms with Crippen LogP contribution in [0.25, 0.3) is 0 Å². The Labute approximate surface area is 112 Å². The summed E-state index contributed by atoms with van der Waals surface area (Å²) in [6.45, 7) is 1.85. The zero-order valence-corrected chi connectivity index (χ0v) is 11.8. The molecule has 7 heteroatoms. The molecular formula is C12H16N2O4S. The molecule has 1 N–H and O–H groups in total. The Morgan fingerprint density at radius 1 is 1.47 bits per heavy atom. The molecule has 104 valence electrons. The number of aryl methyl sites for hydroxylation is 1. The smallest absolute Gasteiger partial charge is 0.262 e. The van der Waals surface area contributed by atoms with Crippen LogP contribution < -0.4 is 14.4 Å². The summed E-state index contributed by atoms with van der Waals surface area (Å²) in [6, 6.07) is 5.22. The van der Waals surface area contributed by atoms with Crippen molar-refractivity contribution in [3.63, 3.8) is 0 Å². The molecular weight excluding hydrogens is 268 g/mol. The van der Waals surface area contributed by atoms with Crippen LogP contribution in [0.5, 0.6) is 5.75 Å². The van der Waals surface area contributed by atoms with Gasteiger partial charge in [-0.05, 0) is 24.6 Å². The highest BCUT2D eigenvalue weighted by atomic mass is 32.2. The molecule has 0 radical (unpaired) electrons. The lowest BCUT2D eigenvalue weighted by Crippen LogP contribution is -2.49. The van der Waals surface area contributed by atoms with E-state index in [1.807, 2.05) is 13.0 Å². The number of nitrogens with zero attached hydrogens (tertiary/aromatic N) is 1. The Morgan fingerprint density at radius 3 is 2.74 bits per heavy atom. The molecule has 1 aromatic rings. The van der Waals surface area contributed by atoms with E-state index in [0.29, 0.717) is 11.4 Å². The van der Waals surface area contributed by atoms with Gasteiger partial charge in [0, 0.05) is 7.05 Å². The minimum Gasteiger partial charge on any atom is -0.476 e. The van der Waals surface area contributed by atoms with Crippen LogP contribution in [0.1, 0.15) is 5.56 Å². The average Bonchev–Trinajstić information content (AvgIpc) is 2.35. The first kappa shape index (κ1) is 13.7. The van der Waals surface area contributed by atoms with Crippen molar-refractivity contribution in [2.75, 3.05) is 24.2 Å². The Bertz CT molecular complexity index is 612. The average molecular weight is 284 g/mol. The van der Waals surface area contributed by atoms with Crippen LogP contribution in [0.15, 0.2) is 18.2 Å².